The maximum atomic E-state index is 12.2. The van der Waals surface area contributed by atoms with Gasteiger partial charge in [0.15, 0.2) is 4.34 Å². The molecule has 1 atom stereocenters. The fourth-order valence-electron chi connectivity index (χ4n) is 1.65. The van der Waals surface area contributed by atoms with Crippen LogP contribution in [0.5, 0.6) is 5.19 Å². The van der Waals surface area contributed by atoms with Crippen LogP contribution in [0.25, 0.3) is 0 Å². The van der Waals surface area contributed by atoms with Crippen molar-refractivity contribution < 1.29 is 9.53 Å². The first kappa shape index (κ1) is 16.8. The van der Waals surface area contributed by atoms with E-state index in [9.17, 15) is 4.79 Å². The van der Waals surface area contributed by atoms with Gasteiger partial charge in [0.2, 0.25) is 5.91 Å². The molecule has 0 fully saturated rings. The fraction of sp³-hybridized carbons (Fsp3) is 0.400. The van der Waals surface area contributed by atoms with Gasteiger partial charge >= 0.3 is 0 Å². The number of amides is 1. The first-order valence-corrected chi connectivity index (χ1v) is 8.68. The van der Waals surface area contributed by atoms with Gasteiger partial charge < -0.3 is 10.1 Å². The Balaban J connectivity index is 1.94. The normalized spacial score (nSPS) is 12.2. The van der Waals surface area contributed by atoms with Crippen LogP contribution in [0.2, 0.25) is 0 Å². The van der Waals surface area contributed by atoms with Crippen LogP contribution in [0.3, 0.4) is 0 Å². The van der Waals surface area contributed by atoms with Gasteiger partial charge in [-0.1, -0.05) is 35.1 Å². The van der Waals surface area contributed by atoms with Crippen molar-refractivity contribution >= 4 is 34.7 Å². The molecule has 0 spiro atoms. The van der Waals surface area contributed by atoms with Crippen molar-refractivity contribution in [1.29, 1.82) is 0 Å². The summed E-state index contributed by atoms with van der Waals surface area (Å²) in [6, 6.07) is 7.71. The number of hydrogen-bond donors (Lipinski definition) is 1. The lowest BCUT2D eigenvalue weighted by molar-refractivity contribution is -0.115. The van der Waals surface area contributed by atoms with E-state index < -0.39 is 0 Å². The third kappa shape index (κ3) is 4.71. The predicted molar refractivity (Wildman–Crippen MR) is 90.8 cm³/mol. The summed E-state index contributed by atoms with van der Waals surface area (Å²) in [6.07, 6.45) is 0.0626. The highest BCUT2D eigenvalue weighted by atomic mass is 32.2. The summed E-state index contributed by atoms with van der Waals surface area (Å²) in [4.78, 5) is 12.2. The van der Waals surface area contributed by atoms with Crippen LogP contribution >= 0.6 is 23.1 Å². The van der Waals surface area contributed by atoms with E-state index in [0.717, 1.165) is 15.6 Å². The molecule has 0 saturated heterocycles. The first-order valence-electron chi connectivity index (χ1n) is 6.99. The van der Waals surface area contributed by atoms with Gasteiger partial charge in [-0.3, -0.25) is 4.79 Å². The molecule has 22 heavy (non-hydrogen) atoms. The molecule has 1 aromatic heterocycles. The van der Waals surface area contributed by atoms with Crippen molar-refractivity contribution in [2.24, 2.45) is 0 Å². The van der Waals surface area contributed by atoms with E-state index >= 15 is 0 Å². The summed E-state index contributed by atoms with van der Waals surface area (Å²) in [5.41, 5.74) is 1.87. The second kappa shape index (κ2) is 7.60. The van der Waals surface area contributed by atoms with E-state index in [0.29, 0.717) is 5.19 Å². The van der Waals surface area contributed by atoms with Crippen LogP contribution in [0.15, 0.2) is 28.6 Å². The van der Waals surface area contributed by atoms with Crippen molar-refractivity contribution in [1.82, 2.24) is 10.2 Å². The van der Waals surface area contributed by atoms with E-state index in [1.165, 1.54) is 23.1 Å². The zero-order valence-corrected chi connectivity index (χ0v) is 14.6. The highest BCUT2D eigenvalue weighted by molar-refractivity contribution is 8.02. The zero-order chi connectivity index (χ0) is 16.1. The number of ether oxygens (including phenoxy) is 1. The largest absolute Gasteiger partial charge is 0.466 e. The molecular formula is C15H19N3O2S2. The van der Waals surface area contributed by atoms with E-state index in [2.05, 4.69) is 15.5 Å². The third-order valence-corrected chi connectivity index (χ3v) is 4.77. The number of rotatable bonds is 6. The van der Waals surface area contributed by atoms with E-state index in [-0.39, 0.29) is 17.3 Å². The monoisotopic (exact) mass is 337 g/mol. The van der Waals surface area contributed by atoms with Crippen LogP contribution in [0, 0.1) is 6.92 Å². The molecule has 118 valence electrons. The average molecular weight is 337 g/mol. The molecule has 0 radical (unpaired) electrons. The number of hydrogen-bond acceptors (Lipinski definition) is 6. The van der Waals surface area contributed by atoms with Crippen molar-refractivity contribution in [2.45, 2.75) is 43.4 Å². The summed E-state index contributed by atoms with van der Waals surface area (Å²) in [6.45, 7) is 7.69. The number of anilines is 1. The van der Waals surface area contributed by atoms with Gasteiger partial charge in [-0.05, 0) is 50.7 Å². The molecule has 1 unspecified atom stereocenters. The summed E-state index contributed by atoms with van der Waals surface area (Å²) in [5.74, 6) is -0.0548. The molecular weight excluding hydrogens is 318 g/mol. The zero-order valence-electron chi connectivity index (χ0n) is 13.0. The molecule has 1 N–H and O–H groups in total. The number of nitrogens with zero attached hydrogens (tertiary/aromatic N) is 2. The fourth-order valence-corrected chi connectivity index (χ4v) is 3.60. The summed E-state index contributed by atoms with van der Waals surface area (Å²) in [7, 11) is 0. The maximum absolute atomic E-state index is 12.2. The van der Waals surface area contributed by atoms with E-state index in [1.54, 1.807) is 0 Å². The van der Waals surface area contributed by atoms with Gasteiger partial charge in [-0.2, -0.15) is 0 Å². The highest BCUT2D eigenvalue weighted by Crippen LogP contribution is 2.31. The Bertz CT molecular complexity index is 643. The Hall–Kier alpha value is -1.60. The SMILES string of the molecule is Cc1ccccc1NC(=O)C(C)Sc1nnc(OC(C)C)s1. The predicted octanol–water partition coefficient (Wildman–Crippen LogP) is 3.75. The molecule has 1 heterocycles. The molecule has 2 rings (SSSR count). The lowest BCUT2D eigenvalue weighted by Gasteiger charge is -2.11. The van der Waals surface area contributed by atoms with Crippen LogP contribution in [0.1, 0.15) is 26.3 Å². The minimum absolute atomic E-state index is 0.0548. The number of thioether (sulfide) groups is 1. The number of benzene rings is 1. The molecule has 1 aromatic carbocycles. The smallest absolute Gasteiger partial charge is 0.295 e. The molecule has 5 nitrogen and oxygen atoms in total. The Morgan fingerprint density at radius 3 is 2.68 bits per heavy atom. The molecule has 1 amide bonds. The topological polar surface area (TPSA) is 64.1 Å². The first-order chi connectivity index (χ1) is 10.5. The molecule has 0 aliphatic carbocycles. The highest BCUT2D eigenvalue weighted by Gasteiger charge is 2.18. The Morgan fingerprint density at radius 1 is 1.27 bits per heavy atom. The standard InChI is InChI=1S/C15H19N3O2S2/c1-9(2)20-14-17-18-15(22-14)21-11(4)13(19)16-12-8-6-5-7-10(12)3/h5-9,11H,1-4H3,(H,16,19). The molecule has 0 bridgehead atoms. The van der Waals surface area contributed by atoms with Gasteiger partial charge in [-0.15, -0.1) is 5.10 Å². The van der Waals surface area contributed by atoms with Crippen LogP contribution in [-0.2, 0) is 4.79 Å². The van der Waals surface area contributed by atoms with Crippen LogP contribution in [0.4, 0.5) is 5.69 Å². The molecule has 7 heteroatoms. The van der Waals surface area contributed by atoms with Gasteiger partial charge in [-0.25, -0.2) is 0 Å². The Kier molecular flexibility index (Phi) is 5.79. The van der Waals surface area contributed by atoms with E-state index in [4.69, 9.17) is 4.74 Å². The van der Waals surface area contributed by atoms with E-state index in [1.807, 2.05) is 52.0 Å². The lowest BCUT2D eigenvalue weighted by Crippen LogP contribution is -2.22. The second-order valence-electron chi connectivity index (χ2n) is 5.06. The molecule has 2 aromatic rings. The lowest BCUT2D eigenvalue weighted by atomic mass is 10.2. The maximum Gasteiger partial charge on any atom is 0.295 e. The van der Waals surface area contributed by atoms with Gasteiger partial charge in [0, 0.05) is 5.69 Å². The summed E-state index contributed by atoms with van der Waals surface area (Å²) in [5, 5.41) is 11.2. The minimum atomic E-state index is -0.264. The van der Waals surface area contributed by atoms with Crippen molar-refractivity contribution in [3.8, 4) is 5.19 Å². The number of carbonyl (C=O) groups is 1. The van der Waals surface area contributed by atoms with Crippen molar-refractivity contribution in [3.63, 3.8) is 0 Å². The number of nitrogens with one attached hydrogen (secondary N) is 1. The number of para-hydroxylation sites is 1. The number of aryl methyl sites for hydroxylation is 1. The average Bonchev–Trinajstić information content (AvgIpc) is 2.87. The second-order valence-corrected chi connectivity index (χ2v) is 7.59. The summed E-state index contributed by atoms with van der Waals surface area (Å²) < 4.78 is 6.20. The van der Waals surface area contributed by atoms with Crippen molar-refractivity contribution in [3.05, 3.63) is 29.8 Å². The molecule has 0 saturated carbocycles. The molecule has 0 aliphatic rings. The minimum Gasteiger partial charge on any atom is -0.466 e. The van der Waals surface area contributed by atoms with Gasteiger partial charge in [0.25, 0.3) is 5.19 Å². The Morgan fingerprint density at radius 2 is 2.00 bits per heavy atom. The number of aromatic nitrogens is 2. The van der Waals surface area contributed by atoms with Crippen LogP contribution < -0.4 is 10.1 Å². The Labute approximate surface area is 138 Å². The van der Waals surface area contributed by atoms with Crippen LogP contribution in [-0.4, -0.2) is 27.5 Å². The quantitative estimate of drug-likeness (QED) is 0.813. The van der Waals surface area contributed by atoms with Gasteiger partial charge in [0.05, 0.1) is 11.4 Å². The third-order valence-electron chi connectivity index (χ3n) is 2.77. The van der Waals surface area contributed by atoms with Crippen molar-refractivity contribution in [2.75, 3.05) is 5.32 Å². The van der Waals surface area contributed by atoms with Gasteiger partial charge in [0.1, 0.15) is 0 Å². The number of carbonyl (C=O) groups excluding carboxylic acids is 1. The molecule has 0 aliphatic heterocycles. The summed E-state index contributed by atoms with van der Waals surface area (Å²) >= 11 is 2.73.